The van der Waals surface area contributed by atoms with Crippen molar-refractivity contribution in [1.82, 2.24) is 14.9 Å². The molecule has 0 bridgehead atoms. The van der Waals surface area contributed by atoms with E-state index in [1.54, 1.807) is 17.3 Å². The SMILES string of the molecule is CCCCCNc1ncc(C(=O)N(CC)CC)cn1. The summed E-state index contributed by atoms with van der Waals surface area (Å²) >= 11 is 0. The van der Waals surface area contributed by atoms with Gasteiger partial charge in [-0.05, 0) is 20.3 Å². The number of aromatic nitrogens is 2. The van der Waals surface area contributed by atoms with Crippen LogP contribution in [0.25, 0.3) is 0 Å². The normalized spacial score (nSPS) is 10.3. The molecular formula is C14H24N4O. The predicted octanol–water partition coefficient (Wildman–Crippen LogP) is 2.56. The molecule has 0 spiro atoms. The van der Waals surface area contributed by atoms with E-state index in [0.717, 1.165) is 13.0 Å². The Kier molecular flexibility index (Phi) is 6.85. The average molecular weight is 264 g/mol. The third-order valence-electron chi connectivity index (χ3n) is 3.01. The first-order valence-electron chi connectivity index (χ1n) is 7.08. The molecule has 0 aliphatic rings. The number of nitrogens with zero attached hydrogens (tertiary/aromatic N) is 3. The van der Waals surface area contributed by atoms with Gasteiger partial charge in [0.25, 0.3) is 5.91 Å². The highest BCUT2D eigenvalue weighted by atomic mass is 16.2. The van der Waals surface area contributed by atoms with Crippen LogP contribution in [0.4, 0.5) is 5.95 Å². The Morgan fingerprint density at radius 1 is 1.16 bits per heavy atom. The van der Waals surface area contributed by atoms with Gasteiger partial charge in [0.15, 0.2) is 0 Å². The fraction of sp³-hybridized carbons (Fsp3) is 0.643. The Morgan fingerprint density at radius 2 is 1.79 bits per heavy atom. The van der Waals surface area contributed by atoms with Crippen LogP contribution in [0.3, 0.4) is 0 Å². The van der Waals surface area contributed by atoms with E-state index in [2.05, 4.69) is 22.2 Å². The molecule has 1 rings (SSSR count). The van der Waals surface area contributed by atoms with Crippen molar-refractivity contribution in [2.24, 2.45) is 0 Å². The van der Waals surface area contributed by atoms with Gasteiger partial charge in [0, 0.05) is 32.0 Å². The zero-order valence-corrected chi connectivity index (χ0v) is 12.1. The summed E-state index contributed by atoms with van der Waals surface area (Å²) in [5.41, 5.74) is 0.544. The lowest BCUT2D eigenvalue weighted by Crippen LogP contribution is -2.30. The van der Waals surface area contributed by atoms with E-state index in [-0.39, 0.29) is 5.91 Å². The molecule has 5 nitrogen and oxygen atoms in total. The predicted molar refractivity (Wildman–Crippen MR) is 77.3 cm³/mol. The summed E-state index contributed by atoms with van der Waals surface area (Å²) in [6.45, 7) is 8.37. The van der Waals surface area contributed by atoms with Crippen LogP contribution in [0.2, 0.25) is 0 Å². The van der Waals surface area contributed by atoms with E-state index in [0.29, 0.717) is 24.6 Å². The molecule has 106 valence electrons. The maximum atomic E-state index is 12.0. The first-order chi connectivity index (χ1) is 9.22. The summed E-state index contributed by atoms with van der Waals surface area (Å²) in [6, 6.07) is 0. The maximum Gasteiger partial charge on any atom is 0.256 e. The van der Waals surface area contributed by atoms with E-state index in [9.17, 15) is 4.79 Å². The van der Waals surface area contributed by atoms with Gasteiger partial charge in [-0.2, -0.15) is 0 Å². The number of carbonyl (C=O) groups excluding carboxylic acids is 1. The molecule has 0 fully saturated rings. The van der Waals surface area contributed by atoms with E-state index < -0.39 is 0 Å². The summed E-state index contributed by atoms with van der Waals surface area (Å²) in [5.74, 6) is 0.578. The first-order valence-corrected chi connectivity index (χ1v) is 7.08. The van der Waals surface area contributed by atoms with Crippen molar-refractivity contribution >= 4 is 11.9 Å². The molecule has 0 saturated heterocycles. The Hall–Kier alpha value is -1.65. The summed E-state index contributed by atoms with van der Waals surface area (Å²) in [5, 5.41) is 3.16. The monoisotopic (exact) mass is 264 g/mol. The fourth-order valence-electron chi connectivity index (χ4n) is 1.80. The fourth-order valence-corrected chi connectivity index (χ4v) is 1.80. The van der Waals surface area contributed by atoms with Gasteiger partial charge in [-0.3, -0.25) is 4.79 Å². The Bertz CT molecular complexity index is 374. The second-order valence-electron chi connectivity index (χ2n) is 4.41. The van der Waals surface area contributed by atoms with Crippen molar-refractivity contribution in [3.8, 4) is 0 Å². The topological polar surface area (TPSA) is 58.1 Å². The molecule has 0 aliphatic heterocycles. The van der Waals surface area contributed by atoms with E-state index >= 15 is 0 Å². The van der Waals surface area contributed by atoms with Crippen LogP contribution in [-0.2, 0) is 0 Å². The smallest absolute Gasteiger partial charge is 0.256 e. The zero-order chi connectivity index (χ0) is 14.1. The highest BCUT2D eigenvalue weighted by Gasteiger charge is 2.12. The molecule has 1 aromatic rings. The van der Waals surface area contributed by atoms with Gasteiger partial charge in [-0.1, -0.05) is 19.8 Å². The second-order valence-corrected chi connectivity index (χ2v) is 4.41. The molecular weight excluding hydrogens is 240 g/mol. The van der Waals surface area contributed by atoms with Gasteiger partial charge in [0.2, 0.25) is 5.95 Å². The van der Waals surface area contributed by atoms with Crippen molar-refractivity contribution in [3.63, 3.8) is 0 Å². The lowest BCUT2D eigenvalue weighted by Gasteiger charge is -2.18. The van der Waals surface area contributed by atoms with Crippen LogP contribution in [0.1, 0.15) is 50.4 Å². The number of rotatable bonds is 8. The molecule has 1 heterocycles. The van der Waals surface area contributed by atoms with Crippen LogP contribution >= 0.6 is 0 Å². The summed E-state index contributed by atoms with van der Waals surface area (Å²) in [7, 11) is 0. The lowest BCUT2D eigenvalue weighted by molar-refractivity contribution is 0.0772. The Balaban J connectivity index is 2.53. The van der Waals surface area contributed by atoms with E-state index in [1.807, 2.05) is 13.8 Å². The highest BCUT2D eigenvalue weighted by Crippen LogP contribution is 2.05. The largest absolute Gasteiger partial charge is 0.354 e. The molecule has 0 saturated carbocycles. The molecule has 0 unspecified atom stereocenters. The van der Waals surface area contributed by atoms with Crippen LogP contribution in [-0.4, -0.2) is 40.4 Å². The second kappa shape index (κ2) is 8.45. The molecule has 1 aromatic heterocycles. The van der Waals surface area contributed by atoms with E-state index in [1.165, 1.54) is 12.8 Å². The first kappa shape index (κ1) is 15.4. The van der Waals surface area contributed by atoms with Crippen molar-refractivity contribution in [3.05, 3.63) is 18.0 Å². The van der Waals surface area contributed by atoms with Gasteiger partial charge < -0.3 is 10.2 Å². The van der Waals surface area contributed by atoms with E-state index in [4.69, 9.17) is 0 Å². The minimum absolute atomic E-state index is 0.0115. The summed E-state index contributed by atoms with van der Waals surface area (Å²) < 4.78 is 0. The molecule has 0 aromatic carbocycles. The third-order valence-corrected chi connectivity index (χ3v) is 3.01. The Morgan fingerprint density at radius 3 is 2.32 bits per heavy atom. The van der Waals surface area contributed by atoms with Gasteiger partial charge in [-0.15, -0.1) is 0 Å². The molecule has 1 amide bonds. The molecule has 0 aliphatic carbocycles. The van der Waals surface area contributed by atoms with Crippen LogP contribution in [0, 0.1) is 0 Å². The number of unbranched alkanes of at least 4 members (excludes halogenated alkanes) is 2. The van der Waals surface area contributed by atoms with Gasteiger partial charge >= 0.3 is 0 Å². The number of hydrogen-bond acceptors (Lipinski definition) is 4. The molecule has 0 atom stereocenters. The number of nitrogens with one attached hydrogen (secondary N) is 1. The summed E-state index contributed by atoms with van der Waals surface area (Å²) in [6.07, 6.45) is 6.69. The zero-order valence-electron chi connectivity index (χ0n) is 12.1. The third kappa shape index (κ3) is 4.85. The minimum Gasteiger partial charge on any atom is -0.354 e. The van der Waals surface area contributed by atoms with Crippen LogP contribution in [0.15, 0.2) is 12.4 Å². The van der Waals surface area contributed by atoms with Gasteiger partial charge in [-0.25, -0.2) is 9.97 Å². The van der Waals surface area contributed by atoms with Crippen molar-refractivity contribution in [1.29, 1.82) is 0 Å². The Labute approximate surface area is 115 Å². The maximum absolute atomic E-state index is 12.0. The van der Waals surface area contributed by atoms with Crippen LogP contribution < -0.4 is 5.32 Å². The van der Waals surface area contributed by atoms with Gasteiger partial charge in [0.1, 0.15) is 0 Å². The molecule has 19 heavy (non-hydrogen) atoms. The van der Waals surface area contributed by atoms with Gasteiger partial charge in [0.05, 0.1) is 5.56 Å². The standard InChI is InChI=1S/C14H24N4O/c1-4-7-8-9-15-14-16-10-12(11-17-14)13(19)18(5-2)6-3/h10-11H,4-9H2,1-3H3,(H,15,16,17). The van der Waals surface area contributed by atoms with Crippen molar-refractivity contribution in [2.75, 3.05) is 25.0 Å². The number of hydrogen-bond donors (Lipinski definition) is 1. The number of anilines is 1. The van der Waals surface area contributed by atoms with Crippen LogP contribution in [0.5, 0.6) is 0 Å². The lowest BCUT2D eigenvalue weighted by atomic mass is 10.2. The van der Waals surface area contributed by atoms with Crippen molar-refractivity contribution < 1.29 is 4.79 Å². The summed E-state index contributed by atoms with van der Waals surface area (Å²) in [4.78, 5) is 22.2. The molecule has 5 heteroatoms. The van der Waals surface area contributed by atoms with Crippen molar-refractivity contribution in [2.45, 2.75) is 40.0 Å². The molecule has 1 N–H and O–H groups in total. The highest BCUT2D eigenvalue weighted by molar-refractivity contribution is 5.93. The minimum atomic E-state index is -0.0115. The number of amides is 1. The number of carbonyl (C=O) groups is 1. The molecule has 0 radical (unpaired) electrons. The average Bonchev–Trinajstić information content (AvgIpc) is 2.45. The quantitative estimate of drug-likeness (QED) is 0.733.